The predicted octanol–water partition coefficient (Wildman–Crippen LogP) is 2.64. The van der Waals surface area contributed by atoms with Crippen molar-refractivity contribution >= 4 is 0 Å². The standard InChI is InChI=1S/C16H25NO2/c1-12(2)17-16-8-9-19-11-14(16)10-13-4-6-15(18-3)7-5-13/h4-7,12,14,16-17H,8-11H2,1-3H3/t14-,16-/m1/s1. The van der Waals surface area contributed by atoms with Crippen LogP contribution in [-0.2, 0) is 11.2 Å². The van der Waals surface area contributed by atoms with Crippen LogP contribution in [0.15, 0.2) is 24.3 Å². The van der Waals surface area contributed by atoms with Gasteiger partial charge in [-0.1, -0.05) is 26.0 Å². The molecule has 0 unspecified atom stereocenters. The molecule has 2 atom stereocenters. The molecule has 1 aromatic rings. The molecule has 0 aromatic heterocycles. The van der Waals surface area contributed by atoms with Gasteiger partial charge in [-0.2, -0.15) is 0 Å². The number of hydrogen-bond donors (Lipinski definition) is 1. The molecule has 3 nitrogen and oxygen atoms in total. The summed E-state index contributed by atoms with van der Waals surface area (Å²) in [5.74, 6) is 1.48. The molecule has 1 fully saturated rings. The molecule has 2 rings (SSSR count). The Labute approximate surface area is 116 Å². The topological polar surface area (TPSA) is 30.5 Å². The summed E-state index contributed by atoms with van der Waals surface area (Å²) in [4.78, 5) is 0. The Kier molecular flexibility index (Phi) is 5.23. The van der Waals surface area contributed by atoms with E-state index in [1.165, 1.54) is 5.56 Å². The highest BCUT2D eigenvalue weighted by Crippen LogP contribution is 2.21. The number of ether oxygens (including phenoxy) is 2. The summed E-state index contributed by atoms with van der Waals surface area (Å²) in [6.45, 7) is 6.15. The molecule has 0 bridgehead atoms. The summed E-state index contributed by atoms with van der Waals surface area (Å²) in [6, 6.07) is 9.46. The minimum Gasteiger partial charge on any atom is -0.497 e. The van der Waals surface area contributed by atoms with E-state index in [4.69, 9.17) is 9.47 Å². The van der Waals surface area contributed by atoms with Crippen LogP contribution in [0, 0.1) is 5.92 Å². The maximum atomic E-state index is 5.65. The van der Waals surface area contributed by atoms with Crippen molar-refractivity contribution in [1.29, 1.82) is 0 Å². The molecule has 106 valence electrons. The molecule has 0 radical (unpaired) electrons. The normalized spacial score (nSPS) is 23.6. The van der Waals surface area contributed by atoms with Gasteiger partial charge in [0.25, 0.3) is 0 Å². The largest absolute Gasteiger partial charge is 0.497 e. The van der Waals surface area contributed by atoms with Crippen molar-refractivity contribution in [2.75, 3.05) is 20.3 Å². The van der Waals surface area contributed by atoms with Crippen LogP contribution >= 0.6 is 0 Å². The molecule has 3 heteroatoms. The first-order chi connectivity index (χ1) is 9.19. The zero-order valence-electron chi connectivity index (χ0n) is 12.2. The summed E-state index contributed by atoms with van der Waals surface area (Å²) in [5.41, 5.74) is 1.35. The maximum Gasteiger partial charge on any atom is 0.118 e. The molecule has 0 aliphatic carbocycles. The first kappa shape index (κ1) is 14.4. The fourth-order valence-corrected chi connectivity index (χ4v) is 2.71. The lowest BCUT2D eigenvalue weighted by atomic mass is 9.89. The minimum atomic E-state index is 0.529. The van der Waals surface area contributed by atoms with E-state index in [1.807, 2.05) is 12.1 Å². The fraction of sp³-hybridized carbons (Fsp3) is 0.625. The lowest BCUT2D eigenvalue weighted by Gasteiger charge is -2.33. The van der Waals surface area contributed by atoms with Gasteiger partial charge in [-0.15, -0.1) is 0 Å². The van der Waals surface area contributed by atoms with E-state index in [0.29, 0.717) is 18.0 Å². The second-order valence-electron chi connectivity index (χ2n) is 5.60. The number of benzene rings is 1. The Morgan fingerprint density at radius 1 is 1.32 bits per heavy atom. The average molecular weight is 263 g/mol. The van der Waals surface area contributed by atoms with Crippen LogP contribution in [0.25, 0.3) is 0 Å². The van der Waals surface area contributed by atoms with Crippen molar-refractivity contribution < 1.29 is 9.47 Å². The summed E-state index contributed by atoms with van der Waals surface area (Å²) >= 11 is 0. The van der Waals surface area contributed by atoms with E-state index in [9.17, 15) is 0 Å². The minimum absolute atomic E-state index is 0.529. The van der Waals surface area contributed by atoms with Gasteiger partial charge in [-0.05, 0) is 30.5 Å². The van der Waals surface area contributed by atoms with Gasteiger partial charge in [0.15, 0.2) is 0 Å². The van der Waals surface area contributed by atoms with Crippen molar-refractivity contribution in [3.63, 3.8) is 0 Å². The molecular formula is C16H25NO2. The van der Waals surface area contributed by atoms with Gasteiger partial charge >= 0.3 is 0 Å². The Balaban J connectivity index is 1.97. The second-order valence-corrected chi connectivity index (χ2v) is 5.60. The Hall–Kier alpha value is -1.06. The third-order valence-electron chi connectivity index (χ3n) is 3.68. The van der Waals surface area contributed by atoms with Gasteiger partial charge < -0.3 is 14.8 Å². The van der Waals surface area contributed by atoms with Crippen LogP contribution in [0.1, 0.15) is 25.8 Å². The van der Waals surface area contributed by atoms with Crippen molar-refractivity contribution in [3.05, 3.63) is 29.8 Å². The number of rotatable bonds is 5. The molecule has 1 heterocycles. The average Bonchev–Trinajstić information content (AvgIpc) is 2.41. The third-order valence-corrected chi connectivity index (χ3v) is 3.68. The van der Waals surface area contributed by atoms with E-state index in [-0.39, 0.29) is 0 Å². The Morgan fingerprint density at radius 2 is 2.05 bits per heavy atom. The molecule has 0 saturated carbocycles. The maximum absolute atomic E-state index is 5.65. The van der Waals surface area contributed by atoms with Crippen LogP contribution in [0.4, 0.5) is 0 Å². The zero-order chi connectivity index (χ0) is 13.7. The van der Waals surface area contributed by atoms with Gasteiger partial charge in [-0.3, -0.25) is 0 Å². The molecule has 1 aliphatic heterocycles. The van der Waals surface area contributed by atoms with Gasteiger partial charge in [0.2, 0.25) is 0 Å². The molecular weight excluding hydrogens is 238 g/mol. The first-order valence-electron chi connectivity index (χ1n) is 7.15. The molecule has 0 amide bonds. The predicted molar refractivity (Wildman–Crippen MR) is 77.7 cm³/mol. The van der Waals surface area contributed by atoms with Crippen LogP contribution in [-0.4, -0.2) is 32.4 Å². The highest BCUT2D eigenvalue weighted by molar-refractivity contribution is 5.27. The van der Waals surface area contributed by atoms with E-state index in [2.05, 4.69) is 31.3 Å². The smallest absolute Gasteiger partial charge is 0.118 e. The van der Waals surface area contributed by atoms with Crippen molar-refractivity contribution in [1.82, 2.24) is 5.32 Å². The van der Waals surface area contributed by atoms with E-state index < -0.39 is 0 Å². The number of methoxy groups -OCH3 is 1. The van der Waals surface area contributed by atoms with E-state index >= 15 is 0 Å². The van der Waals surface area contributed by atoms with Gasteiger partial charge in [0.1, 0.15) is 5.75 Å². The van der Waals surface area contributed by atoms with E-state index in [0.717, 1.165) is 31.8 Å². The highest BCUT2D eigenvalue weighted by atomic mass is 16.5. The second kappa shape index (κ2) is 6.92. The third kappa shape index (κ3) is 4.22. The number of hydrogen-bond acceptors (Lipinski definition) is 3. The first-order valence-corrected chi connectivity index (χ1v) is 7.15. The van der Waals surface area contributed by atoms with Crippen molar-refractivity contribution in [3.8, 4) is 5.75 Å². The Bertz CT molecular complexity index is 375. The number of nitrogens with one attached hydrogen (secondary N) is 1. The van der Waals surface area contributed by atoms with Gasteiger partial charge in [0.05, 0.1) is 13.7 Å². The lowest BCUT2D eigenvalue weighted by molar-refractivity contribution is 0.0300. The van der Waals surface area contributed by atoms with E-state index in [1.54, 1.807) is 7.11 Å². The molecule has 1 saturated heterocycles. The zero-order valence-corrected chi connectivity index (χ0v) is 12.2. The molecule has 1 aromatic carbocycles. The van der Waals surface area contributed by atoms with Crippen LogP contribution in [0.5, 0.6) is 5.75 Å². The molecule has 19 heavy (non-hydrogen) atoms. The summed E-state index contributed by atoms with van der Waals surface area (Å²) in [5, 5.41) is 3.67. The molecule has 1 N–H and O–H groups in total. The monoisotopic (exact) mass is 263 g/mol. The van der Waals surface area contributed by atoms with Gasteiger partial charge in [0, 0.05) is 24.6 Å². The van der Waals surface area contributed by atoms with Crippen LogP contribution in [0.3, 0.4) is 0 Å². The highest BCUT2D eigenvalue weighted by Gasteiger charge is 2.26. The van der Waals surface area contributed by atoms with Crippen molar-refractivity contribution in [2.24, 2.45) is 5.92 Å². The quantitative estimate of drug-likeness (QED) is 0.886. The molecule has 1 aliphatic rings. The van der Waals surface area contributed by atoms with Crippen LogP contribution in [0.2, 0.25) is 0 Å². The van der Waals surface area contributed by atoms with Crippen LogP contribution < -0.4 is 10.1 Å². The summed E-state index contributed by atoms with van der Waals surface area (Å²) < 4.78 is 10.8. The molecule has 0 spiro atoms. The van der Waals surface area contributed by atoms with Gasteiger partial charge in [-0.25, -0.2) is 0 Å². The SMILES string of the molecule is COc1ccc(C[C@@H]2COCC[C@H]2NC(C)C)cc1. The fourth-order valence-electron chi connectivity index (χ4n) is 2.71. The lowest BCUT2D eigenvalue weighted by Crippen LogP contribution is -2.46. The Morgan fingerprint density at radius 3 is 2.68 bits per heavy atom. The van der Waals surface area contributed by atoms with Crippen molar-refractivity contribution in [2.45, 2.75) is 38.8 Å². The summed E-state index contributed by atoms with van der Waals surface area (Å²) in [6.07, 6.45) is 2.17. The summed E-state index contributed by atoms with van der Waals surface area (Å²) in [7, 11) is 1.70.